The van der Waals surface area contributed by atoms with Crippen molar-refractivity contribution in [1.82, 2.24) is 5.32 Å². The number of rotatable bonds is 5. The molecule has 1 fully saturated rings. The molecule has 1 saturated heterocycles. The zero-order valence-corrected chi connectivity index (χ0v) is 12.6. The number of thioether (sulfide) groups is 1. The monoisotopic (exact) mass is 296 g/mol. The number of ether oxygens (including phenoxy) is 2. The summed E-state index contributed by atoms with van der Waals surface area (Å²) in [6.45, 7) is 0.963. The van der Waals surface area contributed by atoms with Crippen molar-refractivity contribution >= 4 is 23.4 Å². The summed E-state index contributed by atoms with van der Waals surface area (Å²) in [4.78, 5) is 12.1. The highest BCUT2D eigenvalue weighted by molar-refractivity contribution is 7.99. The van der Waals surface area contributed by atoms with Gasteiger partial charge in [0.1, 0.15) is 11.5 Å². The smallest absolute Gasteiger partial charge is 0.226 e. The Morgan fingerprint density at radius 3 is 2.95 bits per heavy atom. The Balaban J connectivity index is 1.98. The Bertz CT molecular complexity index is 462. The Kier molecular flexibility index (Phi) is 5.55. The first-order valence-electron chi connectivity index (χ1n) is 6.56. The standard InChI is InChI=1S/C14H20N2O3S/c1-18-11-3-4-13(19-2)12(8-11)16-14(17)7-10-9-20-6-5-15-10/h3-4,8,10,15H,5-7,9H2,1-2H3,(H,16,17). The topological polar surface area (TPSA) is 59.6 Å². The van der Waals surface area contributed by atoms with E-state index in [1.54, 1.807) is 32.4 Å². The highest BCUT2D eigenvalue weighted by atomic mass is 32.2. The minimum absolute atomic E-state index is 0.0171. The first-order valence-corrected chi connectivity index (χ1v) is 7.71. The van der Waals surface area contributed by atoms with Gasteiger partial charge in [0.15, 0.2) is 0 Å². The van der Waals surface area contributed by atoms with E-state index >= 15 is 0 Å². The lowest BCUT2D eigenvalue weighted by Gasteiger charge is -2.22. The first kappa shape index (κ1) is 15.0. The van der Waals surface area contributed by atoms with Gasteiger partial charge in [-0.15, -0.1) is 0 Å². The number of amides is 1. The van der Waals surface area contributed by atoms with Crippen LogP contribution in [0.1, 0.15) is 6.42 Å². The van der Waals surface area contributed by atoms with Gasteiger partial charge in [-0.1, -0.05) is 0 Å². The molecule has 0 saturated carbocycles. The van der Waals surface area contributed by atoms with E-state index in [4.69, 9.17) is 9.47 Å². The SMILES string of the molecule is COc1ccc(OC)c(NC(=O)CC2CSCCN2)c1. The third kappa shape index (κ3) is 4.05. The number of hydrogen-bond donors (Lipinski definition) is 2. The summed E-state index contributed by atoms with van der Waals surface area (Å²) in [6.07, 6.45) is 0.466. The fourth-order valence-electron chi connectivity index (χ4n) is 2.09. The van der Waals surface area contributed by atoms with Gasteiger partial charge in [0.05, 0.1) is 19.9 Å². The molecule has 0 bridgehead atoms. The Morgan fingerprint density at radius 1 is 1.45 bits per heavy atom. The number of anilines is 1. The molecular weight excluding hydrogens is 276 g/mol. The molecular formula is C14H20N2O3S. The molecule has 1 aliphatic rings. The van der Waals surface area contributed by atoms with Crippen molar-refractivity contribution in [3.8, 4) is 11.5 Å². The maximum atomic E-state index is 12.1. The zero-order valence-electron chi connectivity index (χ0n) is 11.8. The molecule has 20 heavy (non-hydrogen) atoms. The van der Waals surface area contributed by atoms with E-state index in [0.717, 1.165) is 18.1 Å². The molecule has 1 heterocycles. The van der Waals surface area contributed by atoms with Gasteiger partial charge in [0.25, 0.3) is 0 Å². The minimum Gasteiger partial charge on any atom is -0.497 e. The molecule has 1 aromatic carbocycles. The van der Waals surface area contributed by atoms with Crippen LogP contribution < -0.4 is 20.1 Å². The predicted molar refractivity (Wildman–Crippen MR) is 81.9 cm³/mol. The molecule has 2 rings (SSSR count). The molecule has 1 atom stereocenters. The van der Waals surface area contributed by atoms with Gasteiger partial charge in [0, 0.05) is 36.6 Å². The third-order valence-corrected chi connectivity index (χ3v) is 4.24. The van der Waals surface area contributed by atoms with Crippen LogP contribution in [-0.4, -0.2) is 44.2 Å². The second-order valence-corrected chi connectivity index (χ2v) is 5.69. The Labute approximate surface area is 123 Å². The summed E-state index contributed by atoms with van der Waals surface area (Å²) in [5.74, 6) is 3.39. The molecule has 0 aliphatic carbocycles. The maximum absolute atomic E-state index is 12.1. The number of nitrogens with one attached hydrogen (secondary N) is 2. The molecule has 110 valence electrons. The highest BCUT2D eigenvalue weighted by Gasteiger charge is 2.17. The maximum Gasteiger partial charge on any atom is 0.226 e. The van der Waals surface area contributed by atoms with Crippen LogP contribution >= 0.6 is 11.8 Å². The average molecular weight is 296 g/mol. The molecule has 1 amide bonds. The van der Waals surface area contributed by atoms with Gasteiger partial charge in [-0.05, 0) is 12.1 Å². The highest BCUT2D eigenvalue weighted by Crippen LogP contribution is 2.29. The van der Waals surface area contributed by atoms with Crippen molar-refractivity contribution in [3.05, 3.63) is 18.2 Å². The molecule has 0 spiro atoms. The van der Waals surface area contributed by atoms with Gasteiger partial charge < -0.3 is 20.1 Å². The van der Waals surface area contributed by atoms with E-state index in [1.807, 2.05) is 11.8 Å². The van der Waals surface area contributed by atoms with E-state index in [2.05, 4.69) is 10.6 Å². The van der Waals surface area contributed by atoms with Gasteiger partial charge in [0.2, 0.25) is 5.91 Å². The van der Waals surface area contributed by atoms with Crippen LogP contribution in [0.2, 0.25) is 0 Å². The quantitative estimate of drug-likeness (QED) is 0.866. The Morgan fingerprint density at radius 2 is 2.30 bits per heavy atom. The van der Waals surface area contributed by atoms with Crippen molar-refractivity contribution in [2.75, 3.05) is 37.6 Å². The van der Waals surface area contributed by atoms with Crippen molar-refractivity contribution in [2.24, 2.45) is 0 Å². The summed E-state index contributed by atoms with van der Waals surface area (Å²) in [5.41, 5.74) is 0.639. The van der Waals surface area contributed by atoms with E-state index in [0.29, 0.717) is 23.6 Å². The van der Waals surface area contributed by atoms with E-state index in [1.165, 1.54) is 0 Å². The van der Waals surface area contributed by atoms with E-state index in [-0.39, 0.29) is 11.9 Å². The Hall–Kier alpha value is -1.40. The van der Waals surface area contributed by atoms with Crippen molar-refractivity contribution in [1.29, 1.82) is 0 Å². The summed E-state index contributed by atoms with van der Waals surface area (Å²) in [6, 6.07) is 5.59. The van der Waals surface area contributed by atoms with Crippen LogP contribution in [0.4, 0.5) is 5.69 Å². The van der Waals surface area contributed by atoms with Crippen LogP contribution in [0, 0.1) is 0 Å². The molecule has 1 unspecified atom stereocenters. The summed E-state index contributed by atoms with van der Waals surface area (Å²) in [5, 5.41) is 6.24. The molecule has 6 heteroatoms. The molecule has 0 aromatic heterocycles. The predicted octanol–water partition coefficient (Wildman–Crippen LogP) is 1.74. The fourth-order valence-corrected chi connectivity index (χ4v) is 3.04. The number of benzene rings is 1. The lowest BCUT2D eigenvalue weighted by molar-refractivity contribution is -0.116. The van der Waals surface area contributed by atoms with Crippen LogP contribution in [0.3, 0.4) is 0 Å². The number of hydrogen-bond acceptors (Lipinski definition) is 5. The van der Waals surface area contributed by atoms with Crippen LogP contribution in [0.5, 0.6) is 11.5 Å². The number of carbonyl (C=O) groups excluding carboxylic acids is 1. The lowest BCUT2D eigenvalue weighted by Crippen LogP contribution is -2.39. The van der Waals surface area contributed by atoms with Crippen molar-refractivity contribution in [2.45, 2.75) is 12.5 Å². The second kappa shape index (κ2) is 7.40. The lowest BCUT2D eigenvalue weighted by atomic mass is 10.2. The summed E-state index contributed by atoms with van der Waals surface area (Å²) in [7, 11) is 3.17. The number of methoxy groups -OCH3 is 2. The number of carbonyl (C=O) groups is 1. The van der Waals surface area contributed by atoms with Gasteiger partial charge >= 0.3 is 0 Å². The first-order chi connectivity index (χ1) is 9.72. The molecule has 1 aliphatic heterocycles. The van der Waals surface area contributed by atoms with E-state index < -0.39 is 0 Å². The third-order valence-electron chi connectivity index (χ3n) is 3.11. The average Bonchev–Trinajstić information content (AvgIpc) is 2.48. The van der Waals surface area contributed by atoms with Gasteiger partial charge in [-0.2, -0.15) is 11.8 Å². The zero-order chi connectivity index (χ0) is 14.4. The van der Waals surface area contributed by atoms with E-state index in [9.17, 15) is 4.79 Å². The normalized spacial score (nSPS) is 18.4. The largest absolute Gasteiger partial charge is 0.497 e. The summed E-state index contributed by atoms with van der Waals surface area (Å²) >= 11 is 1.88. The second-order valence-electron chi connectivity index (χ2n) is 4.54. The molecule has 1 aromatic rings. The van der Waals surface area contributed by atoms with Crippen molar-refractivity contribution in [3.63, 3.8) is 0 Å². The van der Waals surface area contributed by atoms with Crippen LogP contribution in [-0.2, 0) is 4.79 Å². The molecule has 5 nitrogen and oxygen atoms in total. The van der Waals surface area contributed by atoms with Crippen LogP contribution in [0.15, 0.2) is 18.2 Å². The minimum atomic E-state index is -0.0171. The van der Waals surface area contributed by atoms with Crippen LogP contribution in [0.25, 0.3) is 0 Å². The van der Waals surface area contributed by atoms with Gasteiger partial charge in [-0.3, -0.25) is 4.79 Å². The van der Waals surface area contributed by atoms with Gasteiger partial charge in [-0.25, -0.2) is 0 Å². The summed E-state index contributed by atoms with van der Waals surface area (Å²) < 4.78 is 10.4. The molecule has 2 N–H and O–H groups in total. The molecule has 0 radical (unpaired) electrons. The van der Waals surface area contributed by atoms with Crippen molar-refractivity contribution < 1.29 is 14.3 Å². The fraction of sp³-hybridized carbons (Fsp3) is 0.500.